The first-order chi connectivity index (χ1) is 15.5. The SMILES string of the molecule is CCCCNC(=O)c1cc(-c2ccccn2)nc2ccc(S(=O)(=O)N3CCOCC3)cc12. The predicted molar refractivity (Wildman–Crippen MR) is 122 cm³/mol. The Balaban J connectivity index is 1.81. The first-order valence-corrected chi connectivity index (χ1v) is 12.2. The monoisotopic (exact) mass is 454 g/mol. The van der Waals surface area contributed by atoms with Crippen molar-refractivity contribution in [1.82, 2.24) is 19.6 Å². The summed E-state index contributed by atoms with van der Waals surface area (Å²) in [6, 6.07) is 11.9. The molecular formula is C23H26N4O4S. The lowest BCUT2D eigenvalue weighted by atomic mass is 10.1. The van der Waals surface area contributed by atoms with Crippen molar-refractivity contribution in [2.75, 3.05) is 32.8 Å². The number of sulfonamides is 1. The molecule has 1 aliphatic rings. The van der Waals surface area contributed by atoms with Crippen molar-refractivity contribution < 1.29 is 17.9 Å². The highest BCUT2D eigenvalue weighted by Crippen LogP contribution is 2.27. The van der Waals surface area contributed by atoms with E-state index in [1.54, 1.807) is 30.5 Å². The van der Waals surface area contributed by atoms with Crippen molar-refractivity contribution in [2.24, 2.45) is 0 Å². The highest BCUT2D eigenvalue weighted by Gasteiger charge is 2.27. The number of hydrogen-bond donors (Lipinski definition) is 1. The number of ether oxygens (including phenoxy) is 1. The molecule has 1 saturated heterocycles. The van der Waals surface area contributed by atoms with Crippen LogP contribution in [0.5, 0.6) is 0 Å². The maximum Gasteiger partial charge on any atom is 0.252 e. The zero-order chi connectivity index (χ0) is 22.6. The lowest BCUT2D eigenvalue weighted by Crippen LogP contribution is -2.40. The van der Waals surface area contributed by atoms with Gasteiger partial charge >= 0.3 is 0 Å². The number of amides is 1. The van der Waals surface area contributed by atoms with Gasteiger partial charge in [0.1, 0.15) is 0 Å². The van der Waals surface area contributed by atoms with Crippen LogP contribution in [0.2, 0.25) is 0 Å². The van der Waals surface area contributed by atoms with Gasteiger partial charge in [-0.3, -0.25) is 9.78 Å². The highest BCUT2D eigenvalue weighted by atomic mass is 32.2. The van der Waals surface area contributed by atoms with E-state index in [0.29, 0.717) is 60.7 Å². The minimum absolute atomic E-state index is 0.141. The fourth-order valence-electron chi connectivity index (χ4n) is 3.61. The predicted octanol–water partition coefficient (Wildman–Crippen LogP) is 2.85. The third-order valence-electron chi connectivity index (χ3n) is 5.38. The Bertz CT molecular complexity index is 1210. The van der Waals surface area contributed by atoms with Gasteiger partial charge in [-0.05, 0) is 42.8 Å². The number of aromatic nitrogens is 2. The van der Waals surface area contributed by atoms with E-state index in [4.69, 9.17) is 4.74 Å². The number of morpholine rings is 1. The first kappa shape index (κ1) is 22.3. The molecule has 2 aromatic heterocycles. The molecule has 0 bridgehead atoms. The van der Waals surface area contributed by atoms with Crippen molar-refractivity contribution in [3.8, 4) is 11.4 Å². The third-order valence-corrected chi connectivity index (χ3v) is 7.27. The van der Waals surface area contributed by atoms with Crippen LogP contribution in [-0.4, -0.2) is 61.4 Å². The highest BCUT2D eigenvalue weighted by molar-refractivity contribution is 7.89. The average Bonchev–Trinajstić information content (AvgIpc) is 2.84. The number of unbranched alkanes of at least 4 members (excludes halogenated alkanes) is 1. The summed E-state index contributed by atoms with van der Waals surface area (Å²) >= 11 is 0. The van der Waals surface area contributed by atoms with E-state index in [1.807, 2.05) is 18.2 Å². The van der Waals surface area contributed by atoms with Gasteiger partial charge in [0.25, 0.3) is 5.91 Å². The molecule has 0 aliphatic carbocycles. The quantitative estimate of drug-likeness (QED) is 0.551. The second-order valence-corrected chi connectivity index (χ2v) is 9.51. The van der Waals surface area contributed by atoms with Crippen LogP contribution in [-0.2, 0) is 14.8 Å². The van der Waals surface area contributed by atoms with E-state index >= 15 is 0 Å². The van der Waals surface area contributed by atoms with E-state index in [-0.39, 0.29) is 10.8 Å². The molecule has 8 nitrogen and oxygen atoms in total. The lowest BCUT2D eigenvalue weighted by molar-refractivity contribution is 0.0730. The summed E-state index contributed by atoms with van der Waals surface area (Å²) in [6.07, 6.45) is 3.48. The summed E-state index contributed by atoms with van der Waals surface area (Å²) in [6.45, 7) is 3.95. The largest absolute Gasteiger partial charge is 0.379 e. The van der Waals surface area contributed by atoms with Crippen LogP contribution in [0, 0.1) is 0 Å². The molecule has 0 atom stereocenters. The number of nitrogens with zero attached hydrogens (tertiary/aromatic N) is 3. The van der Waals surface area contributed by atoms with Crippen LogP contribution in [0.15, 0.2) is 53.6 Å². The van der Waals surface area contributed by atoms with Crippen LogP contribution >= 0.6 is 0 Å². The van der Waals surface area contributed by atoms with Crippen molar-refractivity contribution in [3.05, 3.63) is 54.2 Å². The molecule has 0 unspecified atom stereocenters. The fourth-order valence-corrected chi connectivity index (χ4v) is 5.04. The molecule has 0 spiro atoms. The number of nitrogens with one attached hydrogen (secondary N) is 1. The normalized spacial score (nSPS) is 15.0. The van der Waals surface area contributed by atoms with Gasteiger partial charge in [0, 0.05) is 31.2 Å². The molecule has 0 saturated carbocycles. The molecular weight excluding hydrogens is 428 g/mol. The van der Waals surface area contributed by atoms with Crippen LogP contribution in [0.4, 0.5) is 0 Å². The van der Waals surface area contributed by atoms with Gasteiger partial charge in [-0.15, -0.1) is 0 Å². The Kier molecular flexibility index (Phi) is 6.78. The number of fused-ring (bicyclic) bond motifs is 1. The topological polar surface area (TPSA) is 101 Å². The van der Waals surface area contributed by atoms with Gasteiger partial charge in [0.2, 0.25) is 10.0 Å². The van der Waals surface area contributed by atoms with Gasteiger partial charge in [-0.1, -0.05) is 19.4 Å². The van der Waals surface area contributed by atoms with E-state index in [2.05, 4.69) is 22.2 Å². The molecule has 1 N–H and O–H groups in total. The molecule has 9 heteroatoms. The van der Waals surface area contributed by atoms with Crippen LogP contribution in [0.25, 0.3) is 22.3 Å². The summed E-state index contributed by atoms with van der Waals surface area (Å²) in [5.41, 5.74) is 2.12. The molecule has 3 aromatic rings. The number of rotatable bonds is 7. The fraction of sp³-hybridized carbons (Fsp3) is 0.348. The zero-order valence-corrected chi connectivity index (χ0v) is 18.8. The number of pyridine rings is 2. The van der Waals surface area contributed by atoms with Crippen LogP contribution in [0.1, 0.15) is 30.1 Å². The molecule has 3 heterocycles. The van der Waals surface area contributed by atoms with Crippen molar-refractivity contribution in [2.45, 2.75) is 24.7 Å². The van der Waals surface area contributed by atoms with Gasteiger partial charge < -0.3 is 10.1 Å². The summed E-state index contributed by atoms with van der Waals surface area (Å²) in [7, 11) is -3.70. The van der Waals surface area contributed by atoms with E-state index in [0.717, 1.165) is 12.8 Å². The van der Waals surface area contributed by atoms with Crippen molar-refractivity contribution >= 4 is 26.8 Å². The summed E-state index contributed by atoms with van der Waals surface area (Å²) in [5.74, 6) is -0.260. The summed E-state index contributed by atoms with van der Waals surface area (Å²) in [4.78, 5) is 22.2. The Labute approximate surface area is 187 Å². The average molecular weight is 455 g/mol. The second-order valence-electron chi connectivity index (χ2n) is 7.57. The van der Waals surface area contributed by atoms with Gasteiger partial charge in [-0.2, -0.15) is 4.31 Å². The Morgan fingerprint density at radius 1 is 1.12 bits per heavy atom. The number of carbonyl (C=O) groups excluding carboxylic acids is 1. The third kappa shape index (κ3) is 4.64. The molecule has 1 fully saturated rings. The summed E-state index contributed by atoms with van der Waals surface area (Å²) in [5, 5.41) is 3.42. The van der Waals surface area contributed by atoms with Crippen LogP contribution in [0.3, 0.4) is 0 Å². The smallest absolute Gasteiger partial charge is 0.252 e. The molecule has 1 amide bonds. The van der Waals surface area contributed by atoms with E-state index in [1.165, 1.54) is 4.31 Å². The molecule has 4 rings (SSSR count). The van der Waals surface area contributed by atoms with Crippen molar-refractivity contribution in [1.29, 1.82) is 0 Å². The Morgan fingerprint density at radius 2 is 1.94 bits per heavy atom. The maximum atomic E-state index is 13.2. The molecule has 0 radical (unpaired) electrons. The van der Waals surface area contributed by atoms with E-state index < -0.39 is 10.0 Å². The second kappa shape index (κ2) is 9.72. The first-order valence-electron chi connectivity index (χ1n) is 10.7. The Hall–Kier alpha value is -2.88. The number of hydrogen-bond acceptors (Lipinski definition) is 6. The number of benzene rings is 1. The zero-order valence-electron chi connectivity index (χ0n) is 18.0. The van der Waals surface area contributed by atoms with Gasteiger partial charge in [0.15, 0.2) is 0 Å². The minimum atomic E-state index is -3.70. The standard InChI is InChI=1S/C23H26N4O4S/c1-2-3-9-25-23(28)19-16-22(21-6-4-5-10-24-21)26-20-8-7-17(15-18(19)20)32(29,30)27-11-13-31-14-12-27/h4-8,10,15-16H,2-3,9,11-14H2,1H3,(H,25,28). The maximum absolute atomic E-state index is 13.2. The van der Waals surface area contributed by atoms with Crippen molar-refractivity contribution in [3.63, 3.8) is 0 Å². The molecule has 168 valence electrons. The summed E-state index contributed by atoms with van der Waals surface area (Å²) < 4.78 is 33.0. The van der Waals surface area contributed by atoms with E-state index in [9.17, 15) is 13.2 Å². The minimum Gasteiger partial charge on any atom is -0.379 e. The molecule has 32 heavy (non-hydrogen) atoms. The van der Waals surface area contributed by atoms with Gasteiger partial charge in [0.05, 0.1) is 40.6 Å². The molecule has 1 aromatic carbocycles. The van der Waals surface area contributed by atoms with Crippen LogP contribution < -0.4 is 5.32 Å². The number of carbonyl (C=O) groups is 1. The Morgan fingerprint density at radius 3 is 2.66 bits per heavy atom. The molecule has 1 aliphatic heterocycles. The van der Waals surface area contributed by atoms with Gasteiger partial charge in [-0.25, -0.2) is 13.4 Å². The lowest BCUT2D eigenvalue weighted by Gasteiger charge is -2.26.